The molecule has 8 rings (SSSR count). The van der Waals surface area contributed by atoms with Crippen LogP contribution < -0.4 is 20.7 Å². The molecular weight excluding hydrogens is 842 g/mol. The summed E-state index contributed by atoms with van der Waals surface area (Å²) in [4.78, 5) is 69.5. The van der Waals surface area contributed by atoms with Gasteiger partial charge in [0.25, 0.3) is 6.01 Å². The van der Waals surface area contributed by atoms with Gasteiger partial charge in [-0.25, -0.2) is 14.6 Å². The number of oxazole rings is 1. The van der Waals surface area contributed by atoms with Gasteiger partial charge in [-0.1, -0.05) is 38.4 Å². The lowest BCUT2D eigenvalue weighted by molar-refractivity contribution is -0.148. The van der Waals surface area contributed by atoms with Gasteiger partial charge in [0.1, 0.15) is 53.1 Å². The molecule has 5 aliphatic rings. The quantitative estimate of drug-likeness (QED) is 0.112. The number of morpholine rings is 1. The molecule has 0 bridgehead atoms. The Hall–Kier alpha value is -4.93. The lowest BCUT2D eigenvalue weighted by atomic mass is 9.85. The van der Waals surface area contributed by atoms with Crippen LogP contribution in [-0.2, 0) is 35.0 Å². The van der Waals surface area contributed by atoms with Crippen molar-refractivity contribution >= 4 is 52.4 Å². The first-order chi connectivity index (χ1) is 30.6. The van der Waals surface area contributed by atoms with E-state index in [-0.39, 0.29) is 36.9 Å². The lowest BCUT2D eigenvalue weighted by Gasteiger charge is -2.35. The van der Waals surface area contributed by atoms with Gasteiger partial charge in [0.05, 0.1) is 31.5 Å². The molecule has 1 aromatic carbocycles. The third kappa shape index (κ3) is 9.83. The molecule has 64 heavy (non-hydrogen) atoms. The molecule has 8 atom stereocenters. The van der Waals surface area contributed by atoms with Crippen LogP contribution in [0, 0.1) is 29.1 Å². The van der Waals surface area contributed by atoms with E-state index in [9.17, 15) is 19.2 Å². The van der Waals surface area contributed by atoms with Crippen molar-refractivity contribution in [2.24, 2.45) is 29.1 Å². The number of benzene rings is 1. The topological polar surface area (TPSA) is 187 Å². The molecular formula is C47H62ClN7O9. The minimum absolute atomic E-state index is 0.0815. The summed E-state index contributed by atoms with van der Waals surface area (Å²) in [5, 5.41) is 10.2. The van der Waals surface area contributed by atoms with Crippen molar-refractivity contribution in [2.75, 3.05) is 58.4 Å². The van der Waals surface area contributed by atoms with Gasteiger partial charge in [-0.3, -0.25) is 14.5 Å². The van der Waals surface area contributed by atoms with Gasteiger partial charge in [-0.05, 0) is 99.3 Å². The van der Waals surface area contributed by atoms with Crippen molar-refractivity contribution in [1.29, 1.82) is 0 Å². The molecule has 2 saturated heterocycles. The largest absolute Gasteiger partial charge is 0.491 e. The first-order valence-electron chi connectivity index (χ1n) is 22.6. The second-order valence-electron chi connectivity index (χ2n) is 19.6. The number of alkyl carbamates (subject to hydrolysis) is 1. The van der Waals surface area contributed by atoms with Gasteiger partial charge < -0.3 is 44.2 Å². The summed E-state index contributed by atoms with van der Waals surface area (Å²) in [6, 6.07) is 4.17. The number of likely N-dealkylation sites (tertiary alicyclic amines) is 1. The second kappa shape index (κ2) is 18.5. The molecule has 17 heteroatoms. The molecule has 0 radical (unpaired) electrons. The van der Waals surface area contributed by atoms with Crippen molar-refractivity contribution in [3.05, 3.63) is 47.7 Å². The van der Waals surface area contributed by atoms with E-state index in [0.29, 0.717) is 78.2 Å². The minimum Gasteiger partial charge on any atom is -0.491 e. The number of rotatable bonds is 16. The Kier molecular flexibility index (Phi) is 13.2. The molecule has 3 N–H and O–H groups in total. The first kappa shape index (κ1) is 45.6. The molecule has 346 valence electrons. The molecule has 0 spiro atoms. The van der Waals surface area contributed by atoms with E-state index < -0.39 is 46.9 Å². The standard InChI is InChI=1S/C47H62ClN7O9/c1-8-31-23-47(31,43(58)60-7)53-41(56)36-18-27(24-55(36)42(57)40(46(4,5)6)52-45(59)64-32-20-28-19-29(28)21-32)17-30-22-34(35-25-63-44(51-35)49-26(2)3)50-39-33(30)9-10-37(38(39)48)62-16-13-54-11-14-61-15-12-54/h8-10,22,25-29,31-32,36,40H,1,11-21,23-24H2,2-7H3,(H,49,51)(H,52,59)(H,53,56)/t27?,28-,29+,31-,32?,36+,40-,47?/m1/s1. The fourth-order valence-electron chi connectivity index (χ4n) is 9.77. The molecule has 3 saturated carbocycles. The van der Waals surface area contributed by atoms with Crippen LogP contribution in [0.15, 0.2) is 41.5 Å². The SMILES string of the molecule is C=C[C@@H]1CC1(NC(=O)[C@@H]1CC(Cc2cc(-c3coc(NC(C)C)n3)nc3c(Cl)c(OCCN4CCOCC4)ccc23)CN1C(=O)[C@@H](NC(=O)OC1C[C@@H]2C[C@@H]2C1)C(C)(C)C)C(=O)OC. The molecule has 2 aliphatic heterocycles. The Labute approximate surface area is 379 Å². The van der Waals surface area contributed by atoms with Crippen molar-refractivity contribution < 1.29 is 42.5 Å². The predicted octanol–water partition coefficient (Wildman–Crippen LogP) is 6.01. The number of carbonyl (C=O) groups is 4. The summed E-state index contributed by atoms with van der Waals surface area (Å²) in [7, 11) is 1.28. The highest BCUT2D eigenvalue weighted by Crippen LogP contribution is 2.52. The second-order valence-corrected chi connectivity index (χ2v) is 20.0. The highest BCUT2D eigenvalue weighted by Gasteiger charge is 2.62. The maximum Gasteiger partial charge on any atom is 0.408 e. The summed E-state index contributed by atoms with van der Waals surface area (Å²) in [5.74, 6) is -0.330. The third-order valence-corrected chi connectivity index (χ3v) is 13.8. The zero-order valence-electron chi connectivity index (χ0n) is 37.7. The zero-order chi connectivity index (χ0) is 45.5. The van der Waals surface area contributed by atoms with Crippen molar-refractivity contribution in [1.82, 2.24) is 30.4 Å². The van der Waals surface area contributed by atoms with Crippen LogP contribution in [0.1, 0.15) is 72.3 Å². The number of anilines is 1. The average molecular weight is 905 g/mol. The van der Waals surface area contributed by atoms with E-state index in [0.717, 1.165) is 43.4 Å². The normalized spacial score (nSPS) is 26.8. The van der Waals surface area contributed by atoms with Crippen LogP contribution in [0.4, 0.5) is 10.8 Å². The Bertz CT molecular complexity index is 2250. The number of esters is 1. The number of aromatic nitrogens is 2. The number of fused-ring (bicyclic) bond motifs is 2. The van der Waals surface area contributed by atoms with Crippen molar-refractivity contribution in [3.63, 3.8) is 0 Å². The fraction of sp³-hybridized carbons (Fsp3) is 0.617. The zero-order valence-corrected chi connectivity index (χ0v) is 38.5. The van der Waals surface area contributed by atoms with Gasteiger partial charge in [-0.2, -0.15) is 4.98 Å². The molecule has 3 aliphatic carbocycles. The number of pyridine rings is 1. The van der Waals surface area contributed by atoms with Crippen LogP contribution in [0.25, 0.3) is 22.3 Å². The highest BCUT2D eigenvalue weighted by molar-refractivity contribution is 6.36. The van der Waals surface area contributed by atoms with Crippen LogP contribution >= 0.6 is 11.6 Å². The summed E-state index contributed by atoms with van der Waals surface area (Å²) in [6.07, 6.45) is 6.21. The monoisotopic (exact) mass is 903 g/mol. The summed E-state index contributed by atoms with van der Waals surface area (Å²) in [5.41, 5.74) is 0.375. The molecule has 5 fully saturated rings. The number of amides is 3. The van der Waals surface area contributed by atoms with Crippen molar-refractivity contribution in [2.45, 2.75) is 103 Å². The number of nitrogens with one attached hydrogen (secondary N) is 3. The van der Waals surface area contributed by atoms with Crippen LogP contribution in [-0.4, -0.2) is 127 Å². The third-order valence-electron chi connectivity index (χ3n) is 13.4. The molecule has 4 heterocycles. The lowest BCUT2D eigenvalue weighted by Crippen LogP contribution is -2.59. The maximum atomic E-state index is 14.9. The van der Waals surface area contributed by atoms with Gasteiger partial charge in [-0.15, -0.1) is 6.58 Å². The van der Waals surface area contributed by atoms with Gasteiger partial charge in [0.15, 0.2) is 0 Å². The number of ether oxygens (including phenoxy) is 4. The number of hydrogen-bond donors (Lipinski definition) is 3. The molecule has 3 unspecified atom stereocenters. The first-order valence-corrected chi connectivity index (χ1v) is 23.0. The maximum absolute atomic E-state index is 14.9. The number of hydrogen-bond acceptors (Lipinski definition) is 13. The van der Waals surface area contributed by atoms with Gasteiger partial charge in [0, 0.05) is 43.5 Å². The Morgan fingerprint density at radius 1 is 1.06 bits per heavy atom. The average Bonchev–Trinajstić information content (AvgIpc) is 3.92. The molecule has 3 amide bonds. The van der Waals surface area contributed by atoms with Crippen molar-refractivity contribution in [3.8, 4) is 17.1 Å². The van der Waals surface area contributed by atoms with Crippen LogP contribution in [0.2, 0.25) is 5.02 Å². The highest BCUT2D eigenvalue weighted by atomic mass is 35.5. The Morgan fingerprint density at radius 3 is 2.48 bits per heavy atom. The fourth-order valence-corrected chi connectivity index (χ4v) is 10.0. The summed E-state index contributed by atoms with van der Waals surface area (Å²) in [6.45, 7) is 17.8. The minimum atomic E-state index is -1.27. The Morgan fingerprint density at radius 2 is 1.81 bits per heavy atom. The number of nitrogens with zero attached hydrogens (tertiary/aromatic N) is 4. The van der Waals surface area contributed by atoms with E-state index in [1.165, 1.54) is 13.5 Å². The smallest absolute Gasteiger partial charge is 0.408 e. The van der Waals surface area contributed by atoms with E-state index in [4.69, 9.17) is 39.9 Å². The molecule has 3 aromatic rings. The summed E-state index contributed by atoms with van der Waals surface area (Å²) >= 11 is 7.15. The van der Waals surface area contributed by atoms with Gasteiger partial charge in [0.2, 0.25) is 11.8 Å². The molecule has 16 nitrogen and oxygen atoms in total. The van der Waals surface area contributed by atoms with Crippen LogP contribution in [0.3, 0.4) is 0 Å². The van der Waals surface area contributed by atoms with Crippen LogP contribution in [0.5, 0.6) is 5.75 Å². The Balaban J connectivity index is 1.10. The summed E-state index contributed by atoms with van der Waals surface area (Å²) < 4.78 is 28.4. The van der Waals surface area contributed by atoms with Gasteiger partial charge >= 0.3 is 12.1 Å². The van der Waals surface area contributed by atoms with E-state index in [2.05, 4.69) is 32.4 Å². The number of halogens is 1. The van der Waals surface area contributed by atoms with E-state index in [1.807, 2.05) is 52.8 Å². The van der Waals surface area contributed by atoms with E-state index in [1.54, 1.807) is 17.2 Å². The predicted molar refractivity (Wildman–Crippen MR) is 240 cm³/mol. The molecule has 2 aromatic heterocycles. The number of methoxy groups -OCH3 is 1. The number of carbonyl (C=O) groups excluding carboxylic acids is 4. The van der Waals surface area contributed by atoms with E-state index >= 15 is 0 Å².